The standard InChI is InChI=1S/C16H31N3S/c1-7-14(8-2)19(11-12(4)5)16-18-13(6)15(20-16)10-17-9-3/h12,14,17H,7-11H2,1-6H3. The third-order valence-electron chi connectivity index (χ3n) is 3.61. The van der Waals surface area contributed by atoms with Crippen molar-refractivity contribution in [1.82, 2.24) is 10.3 Å². The number of aromatic nitrogens is 1. The number of anilines is 1. The number of nitrogens with zero attached hydrogens (tertiary/aromatic N) is 2. The van der Waals surface area contributed by atoms with E-state index in [1.165, 1.54) is 28.5 Å². The minimum atomic E-state index is 0.606. The van der Waals surface area contributed by atoms with Gasteiger partial charge in [-0.2, -0.15) is 0 Å². The van der Waals surface area contributed by atoms with Gasteiger partial charge < -0.3 is 10.2 Å². The smallest absolute Gasteiger partial charge is 0.186 e. The molecule has 116 valence electrons. The van der Waals surface area contributed by atoms with Crippen LogP contribution < -0.4 is 10.2 Å². The fourth-order valence-corrected chi connectivity index (χ4v) is 3.56. The summed E-state index contributed by atoms with van der Waals surface area (Å²) in [5.74, 6) is 0.664. The monoisotopic (exact) mass is 297 g/mol. The van der Waals surface area contributed by atoms with E-state index in [4.69, 9.17) is 4.98 Å². The molecular weight excluding hydrogens is 266 g/mol. The van der Waals surface area contributed by atoms with Crippen LogP contribution in [0.1, 0.15) is 58.0 Å². The van der Waals surface area contributed by atoms with Crippen LogP contribution in [-0.4, -0.2) is 24.1 Å². The van der Waals surface area contributed by atoms with E-state index in [9.17, 15) is 0 Å². The van der Waals surface area contributed by atoms with Crippen molar-refractivity contribution in [1.29, 1.82) is 0 Å². The van der Waals surface area contributed by atoms with E-state index in [-0.39, 0.29) is 0 Å². The van der Waals surface area contributed by atoms with E-state index in [0.29, 0.717) is 12.0 Å². The molecule has 20 heavy (non-hydrogen) atoms. The molecule has 0 atom stereocenters. The molecule has 0 spiro atoms. The third kappa shape index (κ3) is 4.74. The first-order valence-corrected chi connectivity index (χ1v) is 8.78. The number of hydrogen-bond donors (Lipinski definition) is 1. The van der Waals surface area contributed by atoms with Crippen LogP contribution in [0.4, 0.5) is 5.13 Å². The predicted molar refractivity (Wildman–Crippen MR) is 90.8 cm³/mol. The van der Waals surface area contributed by atoms with Gasteiger partial charge >= 0.3 is 0 Å². The lowest BCUT2D eigenvalue weighted by Gasteiger charge is -2.31. The minimum absolute atomic E-state index is 0.606. The van der Waals surface area contributed by atoms with E-state index >= 15 is 0 Å². The summed E-state index contributed by atoms with van der Waals surface area (Å²) in [7, 11) is 0. The summed E-state index contributed by atoms with van der Waals surface area (Å²) in [6, 6.07) is 0.606. The molecule has 0 aliphatic rings. The first kappa shape index (κ1) is 17.4. The second kappa shape index (κ2) is 8.63. The Labute approximate surface area is 128 Å². The van der Waals surface area contributed by atoms with Crippen LogP contribution in [0.2, 0.25) is 0 Å². The fraction of sp³-hybridized carbons (Fsp3) is 0.812. The van der Waals surface area contributed by atoms with Crippen LogP contribution in [0.5, 0.6) is 0 Å². The minimum Gasteiger partial charge on any atom is -0.345 e. The van der Waals surface area contributed by atoms with Crippen molar-refractivity contribution >= 4 is 16.5 Å². The zero-order chi connectivity index (χ0) is 15.1. The molecule has 1 N–H and O–H groups in total. The van der Waals surface area contributed by atoms with Gasteiger partial charge in [0.1, 0.15) is 0 Å². The lowest BCUT2D eigenvalue weighted by atomic mass is 10.1. The number of rotatable bonds is 9. The highest BCUT2D eigenvalue weighted by molar-refractivity contribution is 7.15. The van der Waals surface area contributed by atoms with Gasteiger partial charge in [-0.3, -0.25) is 0 Å². The van der Waals surface area contributed by atoms with Crippen molar-refractivity contribution in [3.63, 3.8) is 0 Å². The van der Waals surface area contributed by atoms with Crippen molar-refractivity contribution in [2.24, 2.45) is 5.92 Å². The van der Waals surface area contributed by atoms with Gasteiger partial charge in [0.2, 0.25) is 0 Å². The van der Waals surface area contributed by atoms with Gasteiger partial charge in [0.05, 0.1) is 5.69 Å². The van der Waals surface area contributed by atoms with Crippen molar-refractivity contribution in [3.05, 3.63) is 10.6 Å². The normalized spacial score (nSPS) is 11.6. The summed E-state index contributed by atoms with van der Waals surface area (Å²) in [5.41, 5.74) is 1.19. The quantitative estimate of drug-likeness (QED) is 0.740. The Hall–Kier alpha value is -0.610. The highest BCUT2D eigenvalue weighted by Gasteiger charge is 2.21. The van der Waals surface area contributed by atoms with Gasteiger partial charge in [-0.15, -0.1) is 11.3 Å². The molecule has 0 aliphatic carbocycles. The Kier molecular flexibility index (Phi) is 7.52. The highest BCUT2D eigenvalue weighted by atomic mass is 32.1. The van der Waals surface area contributed by atoms with Gasteiger partial charge in [-0.25, -0.2) is 4.98 Å². The summed E-state index contributed by atoms with van der Waals surface area (Å²) >= 11 is 1.86. The second-order valence-corrected chi connectivity index (χ2v) is 6.86. The van der Waals surface area contributed by atoms with Crippen molar-refractivity contribution < 1.29 is 0 Å². The largest absolute Gasteiger partial charge is 0.345 e. The number of aryl methyl sites for hydroxylation is 1. The summed E-state index contributed by atoms with van der Waals surface area (Å²) in [5, 5.41) is 4.61. The molecule has 0 fully saturated rings. The topological polar surface area (TPSA) is 28.2 Å². The Bertz CT molecular complexity index is 383. The van der Waals surface area contributed by atoms with Crippen LogP contribution in [0.15, 0.2) is 0 Å². The van der Waals surface area contributed by atoms with Gasteiger partial charge in [0.15, 0.2) is 5.13 Å². The first-order valence-electron chi connectivity index (χ1n) is 7.96. The summed E-state index contributed by atoms with van der Waals surface area (Å²) in [6.45, 7) is 16.5. The molecule has 0 aromatic carbocycles. The van der Waals surface area contributed by atoms with Crippen LogP contribution in [0.3, 0.4) is 0 Å². The van der Waals surface area contributed by atoms with E-state index in [1.807, 2.05) is 11.3 Å². The Morgan fingerprint density at radius 3 is 2.35 bits per heavy atom. The van der Waals surface area contributed by atoms with Gasteiger partial charge in [-0.05, 0) is 32.2 Å². The average molecular weight is 298 g/mol. The maximum Gasteiger partial charge on any atom is 0.186 e. The lowest BCUT2D eigenvalue weighted by molar-refractivity contribution is 0.506. The fourth-order valence-electron chi connectivity index (χ4n) is 2.44. The van der Waals surface area contributed by atoms with Crippen LogP contribution in [-0.2, 0) is 6.54 Å². The molecule has 0 amide bonds. The van der Waals surface area contributed by atoms with Gasteiger partial charge in [-0.1, -0.05) is 34.6 Å². The molecule has 0 saturated heterocycles. The van der Waals surface area contributed by atoms with E-state index in [1.54, 1.807) is 0 Å². The lowest BCUT2D eigenvalue weighted by Crippen LogP contribution is -2.37. The molecule has 3 nitrogen and oxygen atoms in total. The SMILES string of the molecule is CCNCc1sc(N(CC(C)C)C(CC)CC)nc1C. The molecule has 0 bridgehead atoms. The zero-order valence-corrected chi connectivity index (χ0v) is 14.8. The molecule has 0 saturated carbocycles. The zero-order valence-electron chi connectivity index (χ0n) is 14.0. The molecule has 0 unspecified atom stereocenters. The Balaban J connectivity index is 2.95. The summed E-state index contributed by atoms with van der Waals surface area (Å²) < 4.78 is 0. The van der Waals surface area contributed by atoms with Crippen molar-refractivity contribution in [2.45, 2.75) is 67.0 Å². The molecule has 1 rings (SSSR count). The van der Waals surface area contributed by atoms with Crippen LogP contribution in [0, 0.1) is 12.8 Å². The third-order valence-corrected chi connectivity index (χ3v) is 4.80. The van der Waals surface area contributed by atoms with E-state index in [2.05, 4.69) is 51.8 Å². The molecule has 1 heterocycles. The predicted octanol–water partition coefficient (Wildman–Crippen LogP) is 4.21. The molecular formula is C16H31N3S. The number of nitrogens with one attached hydrogen (secondary N) is 1. The van der Waals surface area contributed by atoms with Crippen LogP contribution >= 0.6 is 11.3 Å². The first-order chi connectivity index (χ1) is 9.53. The van der Waals surface area contributed by atoms with Crippen LogP contribution in [0.25, 0.3) is 0 Å². The highest BCUT2D eigenvalue weighted by Crippen LogP contribution is 2.29. The molecule has 1 aromatic rings. The summed E-state index contributed by atoms with van der Waals surface area (Å²) in [6.07, 6.45) is 2.37. The van der Waals surface area contributed by atoms with Crippen molar-refractivity contribution in [2.75, 3.05) is 18.0 Å². The van der Waals surface area contributed by atoms with E-state index < -0.39 is 0 Å². The molecule has 0 aliphatic heterocycles. The Morgan fingerprint density at radius 1 is 1.20 bits per heavy atom. The average Bonchev–Trinajstić information content (AvgIpc) is 2.77. The van der Waals surface area contributed by atoms with E-state index in [0.717, 1.165) is 19.6 Å². The second-order valence-electron chi connectivity index (χ2n) is 5.80. The molecule has 0 radical (unpaired) electrons. The Morgan fingerprint density at radius 2 is 1.85 bits per heavy atom. The molecule has 4 heteroatoms. The molecule has 1 aromatic heterocycles. The number of hydrogen-bond acceptors (Lipinski definition) is 4. The van der Waals surface area contributed by atoms with Gasteiger partial charge in [0, 0.05) is 24.0 Å². The van der Waals surface area contributed by atoms with Crippen molar-refractivity contribution in [3.8, 4) is 0 Å². The van der Waals surface area contributed by atoms with Gasteiger partial charge in [0.25, 0.3) is 0 Å². The summed E-state index contributed by atoms with van der Waals surface area (Å²) in [4.78, 5) is 8.74. The maximum absolute atomic E-state index is 4.84. The maximum atomic E-state index is 4.84. The number of thiazole rings is 1.